The van der Waals surface area contributed by atoms with Crippen LogP contribution in [0.3, 0.4) is 0 Å². The smallest absolute Gasteiger partial charge is 0.260 e. The van der Waals surface area contributed by atoms with Gasteiger partial charge in [-0.05, 0) is 57.1 Å². The second kappa shape index (κ2) is 9.32. The summed E-state index contributed by atoms with van der Waals surface area (Å²) in [6.07, 6.45) is 6.70. The molecular weight excluding hydrogens is 380 g/mol. The van der Waals surface area contributed by atoms with Gasteiger partial charge in [0.25, 0.3) is 11.8 Å². The number of carbonyl (C=O) groups is 2. The Bertz CT molecular complexity index is 858. The zero-order valence-electron chi connectivity index (χ0n) is 17.5. The highest BCUT2D eigenvalue weighted by Crippen LogP contribution is 2.31. The number of amides is 2. The second-order valence-corrected chi connectivity index (χ2v) is 8.29. The number of aryl methyl sites for hydroxylation is 1. The highest BCUT2D eigenvalue weighted by molar-refractivity contribution is 5.95. The Labute approximate surface area is 177 Å². The van der Waals surface area contributed by atoms with E-state index < -0.39 is 0 Å². The summed E-state index contributed by atoms with van der Waals surface area (Å²) in [5.74, 6) is 1.27. The SMILES string of the molecule is Cc1[nH]ncc1C(=O)N1CCC(C2CCCCN2C(=O)COc2ccccc2)CC1. The number of likely N-dealkylation sites (tertiary alicyclic amines) is 2. The summed E-state index contributed by atoms with van der Waals surface area (Å²) in [6.45, 7) is 4.21. The van der Waals surface area contributed by atoms with Crippen molar-refractivity contribution in [1.29, 1.82) is 0 Å². The molecule has 0 bridgehead atoms. The maximum Gasteiger partial charge on any atom is 0.260 e. The maximum absolute atomic E-state index is 12.9. The summed E-state index contributed by atoms with van der Waals surface area (Å²) in [6, 6.07) is 9.73. The summed E-state index contributed by atoms with van der Waals surface area (Å²) in [5, 5.41) is 6.80. The number of nitrogens with zero attached hydrogens (tertiary/aromatic N) is 3. The summed E-state index contributed by atoms with van der Waals surface area (Å²) in [5.41, 5.74) is 1.46. The second-order valence-electron chi connectivity index (χ2n) is 8.29. The van der Waals surface area contributed by atoms with Crippen molar-refractivity contribution in [1.82, 2.24) is 20.0 Å². The minimum Gasteiger partial charge on any atom is -0.484 e. The number of hydrogen-bond acceptors (Lipinski definition) is 4. The lowest BCUT2D eigenvalue weighted by molar-refractivity contribution is -0.139. The molecular formula is C23H30N4O3. The van der Waals surface area contributed by atoms with Gasteiger partial charge in [-0.15, -0.1) is 0 Å². The van der Waals surface area contributed by atoms with E-state index in [1.165, 1.54) is 0 Å². The number of rotatable bonds is 5. The van der Waals surface area contributed by atoms with Gasteiger partial charge in [0, 0.05) is 31.4 Å². The molecule has 160 valence electrons. The molecule has 2 aliphatic rings. The largest absolute Gasteiger partial charge is 0.484 e. The van der Waals surface area contributed by atoms with Crippen molar-refractivity contribution in [2.24, 2.45) is 5.92 Å². The molecule has 1 aromatic carbocycles. The topological polar surface area (TPSA) is 78.5 Å². The van der Waals surface area contributed by atoms with Crippen LogP contribution in [0.5, 0.6) is 5.75 Å². The van der Waals surface area contributed by atoms with E-state index in [-0.39, 0.29) is 24.5 Å². The van der Waals surface area contributed by atoms with Gasteiger partial charge in [-0.3, -0.25) is 14.7 Å². The molecule has 2 amide bonds. The summed E-state index contributed by atoms with van der Waals surface area (Å²) in [4.78, 5) is 29.6. The Kier molecular flexibility index (Phi) is 6.35. The predicted octanol–water partition coefficient (Wildman–Crippen LogP) is 3.03. The van der Waals surface area contributed by atoms with Crippen LogP contribution in [-0.2, 0) is 4.79 Å². The summed E-state index contributed by atoms with van der Waals surface area (Å²) >= 11 is 0. The Hall–Kier alpha value is -2.83. The fraction of sp³-hybridized carbons (Fsp3) is 0.522. The summed E-state index contributed by atoms with van der Waals surface area (Å²) < 4.78 is 5.70. The fourth-order valence-corrected chi connectivity index (χ4v) is 4.73. The maximum atomic E-state index is 12.9. The average molecular weight is 411 g/mol. The van der Waals surface area contributed by atoms with E-state index in [0.29, 0.717) is 11.5 Å². The Morgan fingerprint density at radius 2 is 1.87 bits per heavy atom. The first-order valence-electron chi connectivity index (χ1n) is 10.9. The monoisotopic (exact) mass is 410 g/mol. The van der Waals surface area contributed by atoms with E-state index in [9.17, 15) is 9.59 Å². The first-order valence-corrected chi connectivity index (χ1v) is 10.9. The molecule has 1 atom stereocenters. The number of aromatic amines is 1. The number of ether oxygens (including phenoxy) is 1. The molecule has 0 spiro atoms. The lowest BCUT2D eigenvalue weighted by Gasteiger charge is -2.43. The van der Waals surface area contributed by atoms with Crippen LogP contribution in [0.4, 0.5) is 0 Å². The molecule has 1 N–H and O–H groups in total. The number of aromatic nitrogens is 2. The van der Waals surface area contributed by atoms with Gasteiger partial charge in [-0.1, -0.05) is 18.2 Å². The fourth-order valence-electron chi connectivity index (χ4n) is 4.73. The number of hydrogen-bond donors (Lipinski definition) is 1. The molecule has 2 aromatic rings. The van der Waals surface area contributed by atoms with Crippen LogP contribution < -0.4 is 4.74 Å². The van der Waals surface area contributed by atoms with Gasteiger partial charge >= 0.3 is 0 Å². The van der Waals surface area contributed by atoms with Crippen LogP contribution in [0.1, 0.15) is 48.2 Å². The van der Waals surface area contributed by atoms with Crippen molar-refractivity contribution in [2.45, 2.75) is 45.1 Å². The standard InChI is InChI=1S/C23H30N4O3/c1-17-20(15-24-25-17)23(29)26-13-10-18(11-14-26)21-9-5-6-12-27(21)22(28)16-30-19-7-3-2-4-8-19/h2-4,7-8,15,18,21H,5-6,9-14,16H2,1H3,(H,24,25). The van der Waals surface area contributed by atoms with Crippen LogP contribution in [0.2, 0.25) is 0 Å². The molecule has 7 nitrogen and oxygen atoms in total. The molecule has 30 heavy (non-hydrogen) atoms. The quantitative estimate of drug-likeness (QED) is 0.822. The Balaban J connectivity index is 1.33. The van der Waals surface area contributed by atoms with Crippen molar-refractivity contribution >= 4 is 11.8 Å². The molecule has 2 saturated heterocycles. The number of carbonyl (C=O) groups excluding carboxylic acids is 2. The van der Waals surface area contributed by atoms with Gasteiger partial charge in [0.2, 0.25) is 0 Å². The molecule has 0 radical (unpaired) electrons. The Morgan fingerprint density at radius 1 is 1.10 bits per heavy atom. The number of para-hydroxylation sites is 1. The lowest BCUT2D eigenvalue weighted by Crippen LogP contribution is -2.52. The van der Waals surface area contributed by atoms with E-state index in [4.69, 9.17) is 4.74 Å². The number of benzene rings is 1. The highest BCUT2D eigenvalue weighted by atomic mass is 16.5. The predicted molar refractivity (Wildman–Crippen MR) is 113 cm³/mol. The minimum atomic E-state index is 0.0486. The van der Waals surface area contributed by atoms with Crippen LogP contribution in [0.15, 0.2) is 36.5 Å². The molecule has 7 heteroatoms. The van der Waals surface area contributed by atoms with Crippen molar-refractivity contribution < 1.29 is 14.3 Å². The molecule has 2 aliphatic heterocycles. The molecule has 0 saturated carbocycles. The number of nitrogens with one attached hydrogen (secondary N) is 1. The van der Waals surface area contributed by atoms with Crippen LogP contribution in [-0.4, -0.2) is 64.1 Å². The number of piperidine rings is 2. The number of H-pyrrole nitrogens is 1. The van der Waals surface area contributed by atoms with Gasteiger partial charge in [-0.2, -0.15) is 5.10 Å². The molecule has 2 fully saturated rings. The minimum absolute atomic E-state index is 0.0486. The van der Waals surface area contributed by atoms with E-state index in [1.807, 2.05) is 47.1 Å². The highest BCUT2D eigenvalue weighted by Gasteiger charge is 2.36. The summed E-state index contributed by atoms with van der Waals surface area (Å²) in [7, 11) is 0. The lowest BCUT2D eigenvalue weighted by atomic mass is 9.83. The van der Waals surface area contributed by atoms with Gasteiger partial charge in [-0.25, -0.2) is 0 Å². The van der Waals surface area contributed by atoms with Gasteiger partial charge < -0.3 is 14.5 Å². The normalized spacial score (nSPS) is 20.2. The van der Waals surface area contributed by atoms with E-state index >= 15 is 0 Å². The van der Waals surface area contributed by atoms with Crippen molar-refractivity contribution in [2.75, 3.05) is 26.2 Å². The third-order valence-corrected chi connectivity index (χ3v) is 6.41. The van der Waals surface area contributed by atoms with Gasteiger partial charge in [0.15, 0.2) is 6.61 Å². The molecule has 1 aromatic heterocycles. The average Bonchev–Trinajstić information content (AvgIpc) is 3.23. The molecule has 1 unspecified atom stereocenters. The third-order valence-electron chi connectivity index (χ3n) is 6.41. The van der Waals surface area contributed by atoms with Crippen LogP contribution in [0.25, 0.3) is 0 Å². The zero-order valence-corrected chi connectivity index (χ0v) is 17.5. The van der Waals surface area contributed by atoms with Crippen LogP contribution in [0, 0.1) is 12.8 Å². The van der Waals surface area contributed by atoms with E-state index in [0.717, 1.165) is 63.2 Å². The van der Waals surface area contributed by atoms with E-state index in [1.54, 1.807) is 6.20 Å². The van der Waals surface area contributed by atoms with Crippen molar-refractivity contribution in [3.8, 4) is 5.75 Å². The van der Waals surface area contributed by atoms with E-state index in [2.05, 4.69) is 10.2 Å². The van der Waals surface area contributed by atoms with Gasteiger partial charge in [0.1, 0.15) is 5.75 Å². The molecule has 0 aliphatic carbocycles. The third kappa shape index (κ3) is 4.50. The Morgan fingerprint density at radius 3 is 2.57 bits per heavy atom. The van der Waals surface area contributed by atoms with Crippen molar-refractivity contribution in [3.05, 3.63) is 47.8 Å². The first-order chi connectivity index (χ1) is 14.6. The first kappa shape index (κ1) is 20.4. The zero-order chi connectivity index (χ0) is 20.9. The molecule has 3 heterocycles. The molecule has 4 rings (SSSR count). The van der Waals surface area contributed by atoms with Crippen LogP contribution >= 0.6 is 0 Å². The van der Waals surface area contributed by atoms with Gasteiger partial charge in [0.05, 0.1) is 11.8 Å². The van der Waals surface area contributed by atoms with Crippen molar-refractivity contribution in [3.63, 3.8) is 0 Å².